The summed E-state index contributed by atoms with van der Waals surface area (Å²) >= 11 is 0. The molecular formula is C13H20N2O2. The molecule has 1 heterocycles. The van der Waals surface area contributed by atoms with Gasteiger partial charge in [0.25, 0.3) is 0 Å². The van der Waals surface area contributed by atoms with E-state index in [0.29, 0.717) is 18.4 Å². The van der Waals surface area contributed by atoms with E-state index in [-0.39, 0.29) is 0 Å². The van der Waals surface area contributed by atoms with E-state index in [2.05, 4.69) is 11.8 Å². The normalized spacial score (nSPS) is 21.4. The summed E-state index contributed by atoms with van der Waals surface area (Å²) in [5.41, 5.74) is 6.50. The lowest BCUT2D eigenvalue weighted by atomic mass is 10.3. The Kier molecular flexibility index (Phi) is 4.23. The SMILES string of the molecule is CC1CN(CCOc2ccccc2N)CCO1. The quantitative estimate of drug-likeness (QED) is 0.802. The number of nitrogens with zero attached hydrogens (tertiary/aromatic N) is 1. The molecule has 4 heteroatoms. The fourth-order valence-electron chi connectivity index (χ4n) is 1.99. The Bertz CT molecular complexity index is 357. The van der Waals surface area contributed by atoms with Crippen LogP contribution in [-0.4, -0.2) is 43.9 Å². The molecule has 1 fully saturated rings. The van der Waals surface area contributed by atoms with Gasteiger partial charge >= 0.3 is 0 Å². The molecule has 1 saturated heterocycles. The first-order chi connectivity index (χ1) is 8.25. The average molecular weight is 236 g/mol. The van der Waals surface area contributed by atoms with E-state index in [4.69, 9.17) is 15.2 Å². The van der Waals surface area contributed by atoms with E-state index < -0.39 is 0 Å². The number of nitrogens with two attached hydrogens (primary N) is 1. The Hall–Kier alpha value is -1.26. The molecule has 2 N–H and O–H groups in total. The molecule has 17 heavy (non-hydrogen) atoms. The molecule has 1 aromatic rings. The van der Waals surface area contributed by atoms with Crippen molar-refractivity contribution < 1.29 is 9.47 Å². The molecule has 0 radical (unpaired) electrons. The zero-order chi connectivity index (χ0) is 12.1. The number of benzene rings is 1. The lowest BCUT2D eigenvalue weighted by Gasteiger charge is -2.30. The van der Waals surface area contributed by atoms with Crippen LogP contribution >= 0.6 is 0 Å². The Labute approximate surface area is 102 Å². The van der Waals surface area contributed by atoms with Gasteiger partial charge in [-0.3, -0.25) is 4.90 Å². The van der Waals surface area contributed by atoms with Crippen molar-refractivity contribution in [3.8, 4) is 5.75 Å². The molecule has 4 nitrogen and oxygen atoms in total. The summed E-state index contributed by atoms with van der Waals surface area (Å²) in [5, 5.41) is 0. The first kappa shape index (κ1) is 12.2. The van der Waals surface area contributed by atoms with Gasteiger partial charge in [-0.25, -0.2) is 0 Å². The number of para-hydroxylation sites is 2. The summed E-state index contributed by atoms with van der Waals surface area (Å²) in [4.78, 5) is 2.35. The van der Waals surface area contributed by atoms with Crippen molar-refractivity contribution >= 4 is 5.69 Å². The zero-order valence-electron chi connectivity index (χ0n) is 10.3. The largest absolute Gasteiger partial charge is 0.490 e. The van der Waals surface area contributed by atoms with Gasteiger partial charge in [0.15, 0.2) is 0 Å². The van der Waals surface area contributed by atoms with E-state index >= 15 is 0 Å². The predicted octanol–water partition coefficient (Wildman–Crippen LogP) is 1.37. The third-order valence-electron chi connectivity index (χ3n) is 2.91. The van der Waals surface area contributed by atoms with Crippen LogP contribution in [-0.2, 0) is 4.74 Å². The Morgan fingerprint density at radius 2 is 2.29 bits per heavy atom. The third-order valence-corrected chi connectivity index (χ3v) is 2.91. The standard InChI is InChI=1S/C13H20N2O2/c1-11-10-15(6-8-16-11)7-9-17-13-5-3-2-4-12(13)14/h2-5,11H,6-10,14H2,1H3. The minimum Gasteiger partial charge on any atom is -0.490 e. The fourth-order valence-corrected chi connectivity index (χ4v) is 1.99. The summed E-state index contributed by atoms with van der Waals surface area (Å²) in [5.74, 6) is 0.772. The molecule has 1 unspecified atom stereocenters. The number of ether oxygens (including phenoxy) is 2. The predicted molar refractivity (Wildman–Crippen MR) is 68.2 cm³/mol. The highest BCUT2D eigenvalue weighted by atomic mass is 16.5. The monoisotopic (exact) mass is 236 g/mol. The molecule has 0 aromatic heterocycles. The lowest BCUT2D eigenvalue weighted by Crippen LogP contribution is -2.42. The van der Waals surface area contributed by atoms with Crippen LogP contribution in [0, 0.1) is 0 Å². The number of hydrogen-bond donors (Lipinski definition) is 1. The molecule has 0 aliphatic carbocycles. The van der Waals surface area contributed by atoms with E-state index in [1.807, 2.05) is 24.3 Å². The highest BCUT2D eigenvalue weighted by molar-refractivity contribution is 5.51. The fraction of sp³-hybridized carbons (Fsp3) is 0.538. The minimum atomic E-state index is 0.325. The van der Waals surface area contributed by atoms with E-state index in [1.54, 1.807) is 0 Å². The zero-order valence-corrected chi connectivity index (χ0v) is 10.3. The highest BCUT2D eigenvalue weighted by Gasteiger charge is 2.16. The maximum atomic E-state index is 5.80. The molecule has 1 aromatic carbocycles. The lowest BCUT2D eigenvalue weighted by molar-refractivity contribution is -0.0213. The number of hydrogen-bond acceptors (Lipinski definition) is 4. The Balaban J connectivity index is 1.74. The van der Waals surface area contributed by atoms with Gasteiger partial charge in [-0.1, -0.05) is 12.1 Å². The van der Waals surface area contributed by atoms with Gasteiger partial charge in [0, 0.05) is 19.6 Å². The van der Waals surface area contributed by atoms with Gasteiger partial charge in [0.05, 0.1) is 18.4 Å². The van der Waals surface area contributed by atoms with Crippen molar-refractivity contribution in [2.24, 2.45) is 0 Å². The number of morpholine rings is 1. The second kappa shape index (κ2) is 5.89. The van der Waals surface area contributed by atoms with Gasteiger partial charge in [0.1, 0.15) is 12.4 Å². The van der Waals surface area contributed by atoms with Gasteiger partial charge in [-0.2, -0.15) is 0 Å². The smallest absolute Gasteiger partial charge is 0.142 e. The van der Waals surface area contributed by atoms with Gasteiger partial charge < -0.3 is 15.2 Å². The van der Waals surface area contributed by atoms with Crippen LogP contribution < -0.4 is 10.5 Å². The molecule has 2 rings (SSSR count). The molecule has 1 aliphatic rings. The molecule has 1 atom stereocenters. The second-order valence-electron chi connectivity index (χ2n) is 4.37. The van der Waals surface area contributed by atoms with Crippen LogP contribution in [0.4, 0.5) is 5.69 Å². The molecule has 0 amide bonds. The van der Waals surface area contributed by atoms with Crippen molar-refractivity contribution in [2.75, 3.05) is 38.6 Å². The van der Waals surface area contributed by atoms with Crippen LogP contribution in [0.3, 0.4) is 0 Å². The average Bonchev–Trinajstić information content (AvgIpc) is 2.32. The Morgan fingerprint density at radius 1 is 1.47 bits per heavy atom. The van der Waals surface area contributed by atoms with E-state index in [1.165, 1.54) is 0 Å². The summed E-state index contributed by atoms with van der Waals surface area (Å²) in [6.45, 7) is 6.46. The first-order valence-electron chi connectivity index (χ1n) is 6.07. The van der Waals surface area contributed by atoms with Crippen molar-refractivity contribution in [3.63, 3.8) is 0 Å². The Morgan fingerprint density at radius 3 is 3.06 bits per heavy atom. The van der Waals surface area contributed by atoms with E-state index in [9.17, 15) is 0 Å². The van der Waals surface area contributed by atoms with Gasteiger partial charge in [0.2, 0.25) is 0 Å². The number of anilines is 1. The third kappa shape index (κ3) is 3.61. The molecule has 1 aliphatic heterocycles. The molecular weight excluding hydrogens is 216 g/mol. The van der Waals surface area contributed by atoms with E-state index in [0.717, 1.165) is 32.0 Å². The van der Waals surface area contributed by atoms with Crippen LogP contribution in [0.5, 0.6) is 5.75 Å². The van der Waals surface area contributed by atoms with Crippen molar-refractivity contribution in [2.45, 2.75) is 13.0 Å². The summed E-state index contributed by atoms with van der Waals surface area (Å²) < 4.78 is 11.2. The summed E-state index contributed by atoms with van der Waals surface area (Å²) in [7, 11) is 0. The number of rotatable bonds is 4. The highest BCUT2D eigenvalue weighted by Crippen LogP contribution is 2.19. The summed E-state index contributed by atoms with van der Waals surface area (Å²) in [6, 6.07) is 7.60. The topological polar surface area (TPSA) is 47.7 Å². The number of nitrogen functional groups attached to an aromatic ring is 1. The minimum absolute atomic E-state index is 0.325. The van der Waals surface area contributed by atoms with Crippen LogP contribution in [0.2, 0.25) is 0 Å². The van der Waals surface area contributed by atoms with Gasteiger partial charge in [-0.15, -0.1) is 0 Å². The molecule has 0 saturated carbocycles. The molecule has 94 valence electrons. The summed E-state index contributed by atoms with van der Waals surface area (Å²) in [6.07, 6.45) is 0.325. The second-order valence-corrected chi connectivity index (χ2v) is 4.37. The first-order valence-corrected chi connectivity index (χ1v) is 6.07. The molecule has 0 spiro atoms. The van der Waals surface area contributed by atoms with Crippen LogP contribution in [0.1, 0.15) is 6.92 Å². The van der Waals surface area contributed by atoms with Gasteiger partial charge in [-0.05, 0) is 19.1 Å². The van der Waals surface area contributed by atoms with Crippen molar-refractivity contribution in [1.29, 1.82) is 0 Å². The molecule has 0 bridgehead atoms. The maximum absolute atomic E-state index is 5.80. The van der Waals surface area contributed by atoms with Crippen molar-refractivity contribution in [3.05, 3.63) is 24.3 Å². The van der Waals surface area contributed by atoms with Crippen LogP contribution in [0.25, 0.3) is 0 Å². The maximum Gasteiger partial charge on any atom is 0.142 e. The van der Waals surface area contributed by atoms with Crippen LogP contribution in [0.15, 0.2) is 24.3 Å². The van der Waals surface area contributed by atoms with Crippen molar-refractivity contribution in [1.82, 2.24) is 4.90 Å².